The van der Waals surface area contributed by atoms with Gasteiger partial charge in [0.05, 0.1) is 24.4 Å². The molecule has 1 heterocycles. The standard InChI is InChI=1S/C33H32Cl2N4O5.ClH/c1-20-17-29(43-5)24-7-6-8-28(33(24)37-20)44-19-25-26(34)14-15-27(32(25)35)39(4)31(42)18-36-30(41)16-11-22-9-12-23(13-10-22)38(3)21(2)40;/h6-17H,18-19H2,1-5H3,(H,36,41);1H/b16-11+;. The topological polar surface area (TPSA) is 101 Å². The number of benzene rings is 3. The van der Waals surface area contributed by atoms with Crippen molar-refractivity contribution in [2.75, 3.05) is 37.5 Å². The molecule has 0 unspecified atom stereocenters. The first-order valence-electron chi connectivity index (χ1n) is 13.6. The van der Waals surface area contributed by atoms with E-state index in [0.717, 1.165) is 22.3 Å². The number of methoxy groups -OCH3 is 1. The summed E-state index contributed by atoms with van der Waals surface area (Å²) in [6.07, 6.45) is 2.95. The van der Waals surface area contributed by atoms with E-state index in [-0.39, 0.29) is 42.4 Å². The summed E-state index contributed by atoms with van der Waals surface area (Å²) in [5.74, 6) is 0.304. The number of likely N-dealkylation sites (N-methyl/N-ethyl adjacent to an activating group) is 1. The Balaban J connectivity index is 0.00000552. The number of para-hydroxylation sites is 1. The van der Waals surface area contributed by atoms with Crippen molar-refractivity contribution in [2.45, 2.75) is 20.5 Å². The van der Waals surface area contributed by atoms with E-state index in [1.807, 2.05) is 25.1 Å². The zero-order valence-corrected chi connectivity index (χ0v) is 27.7. The molecular formula is C33H33Cl3N4O5. The molecule has 1 N–H and O–H groups in total. The largest absolute Gasteiger partial charge is 0.496 e. The average Bonchev–Trinajstić information content (AvgIpc) is 3.01. The van der Waals surface area contributed by atoms with Crippen LogP contribution in [0.2, 0.25) is 10.0 Å². The maximum atomic E-state index is 13.0. The number of pyridine rings is 1. The monoisotopic (exact) mass is 670 g/mol. The number of anilines is 2. The van der Waals surface area contributed by atoms with Crippen LogP contribution in [-0.2, 0) is 21.0 Å². The summed E-state index contributed by atoms with van der Waals surface area (Å²) in [7, 11) is 4.85. The number of carbonyl (C=O) groups excluding carboxylic acids is 3. The fourth-order valence-electron chi connectivity index (χ4n) is 4.36. The molecule has 0 atom stereocenters. The van der Waals surface area contributed by atoms with Gasteiger partial charge in [-0.15, -0.1) is 12.4 Å². The van der Waals surface area contributed by atoms with Gasteiger partial charge in [0.2, 0.25) is 17.7 Å². The Morgan fingerprint density at radius 1 is 0.978 bits per heavy atom. The minimum Gasteiger partial charge on any atom is -0.496 e. The minimum atomic E-state index is -0.441. The Morgan fingerprint density at radius 3 is 2.36 bits per heavy atom. The van der Waals surface area contributed by atoms with Crippen LogP contribution in [0.3, 0.4) is 0 Å². The zero-order valence-electron chi connectivity index (χ0n) is 25.4. The fourth-order valence-corrected chi connectivity index (χ4v) is 4.97. The molecule has 9 nitrogen and oxygen atoms in total. The lowest BCUT2D eigenvalue weighted by atomic mass is 10.1. The number of hydrogen-bond donors (Lipinski definition) is 1. The second-order valence-electron chi connectivity index (χ2n) is 9.94. The first kappa shape index (κ1) is 35.2. The van der Waals surface area contributed by atoms with Crippen LogP contribution >= 0.6 is 35.6 Å². The summed E-state index contributed by atoms with van der Waals surface area (Å²) >= 11 is 13.2. The number of halogens is 3. The Kier molecular flexibility index (Phi) is 12.2. The van der Waals surface area contributed by atoms with Crippen LogP contribution in [0, 0.1) is 6.92 Å². The predicted molar refractivity (Wildman–Crippen MR) is 182 cm³/mol. The second kappa shape index (κ2) is 15.6. The average molecular weight is 672 g/mol. The molecule has 0 fully saturated rings. The van der Waals surface area contributed by atoms with E-state index in [4.69, 9.17) is 32.7 Å². The van der Waals surface area contributed by atoms with Crippen LogP contribution in [0.1, 0.15) is 23.7 Å². The lowest BCUT2D eigenvalue weighted by molar-refractivity contribution is -0.122. The fraction of sp³-hybridized carbons (Fsp3) is 0.212. The van der Waals surface area contributed by atoms with Gasteiger partial charge in [0.25, 0.3) is 0 Å². The van der Waals surface area contributed by atoms with Crippen molar-refractivity contribution < 1.29 is 23.9 Å². The van der Waals surface area contributed by atoms with Crippen LogP contribution in [0.25, 0.3) is 17.0 Å². The summed E-state index contributed by atoms with van der Waals surface area (Å²) in [4.78, 5) is 44.3. The van der Waals surface area contributed by atoms with Gasteiger partial charge in [-0.05, 0) is 55.0 Å². The predicted octanol–water partition coefficient (Wildman–Crippen LogP) is 6.63. The molecule has 3 aromatic carbocycles. The van der Waals surface area contributed by atoms with Gasteiger partial charge in [0, 0.05) is 60.5 Å². The van der Waals surface area contributed by atoms with Crippen LogP contribution in [0.4, 0.5) is 11.4 Å². The summed E-state index contributed by atoms with van der Waals surface area (Å²) < 4.78 is 11.6. The van der Waals surface area contributed by atoms with Crippen molar-refractivity contribution in [3.05, 3.63) is 93.6 Å². The molecule has 0 radical (unpaired) electrons. The van der Waals surface area contributed by atoms with Crippen molar-refractivity contribution in [1.82, 2.24) is 10.3 Å². The van der Waals surface area contributed by atoms with Gasteiger partial charge < -0.3 is 24.6 Å². The summed E-state index contributed by atoms with van der Waals surface area (Å²) in [6.45, 7) is 3.13. The van der Waals surface area contributed by atoms with Crippen LogP contribution < -0.4 is 24.6 Å². The van der Waals surface area contributed by atoms with Crippen LogP contribution in [0.15, 0.2) is 66.7 Å². The third-order valence-electron chi connectivity index (χ3n) is 6.98. The molecule has 4 aromatic rings. The highest BCUT2D eigenvalue weighted by atomic mass is 35.5. The molecule has 45 heavy (non-hydrogen) atoms. The van der Waals surface area contributed by atoms with Crippen LogP contribution in [-0.4, -0.2) is 50.5 Å². The minimum absolute atomic E-state index is 0. The zero-order chi connectivity index (χ0) is 32.0. The highest BCUT2D eigenvalue weighted by Gasteiger charge is 2.20. The van der Waals surface area contributed by atoms with E-state index < -0.39 is 5.91 Å². The number of aryl methyl sites for hydroxylation is 1. The number of ether oxygens (including phenoxy) is 2. The SMILES string of the molecule is COc1cc(C)nc2c(OCc3c(Cl)ccc(N(C)C(=O)CNC(=O)/C=C/c4ccc(N(C)C(C)=O)cc4)c3Cl)cccc12.Cl. The Morgan fingerprint density at radius 2 is 1.69 bits per heavy atom. The van der Waals surface area contributed by atoms with E-state index in [1.165, 1.54) is 22.8 Å². The molecule has 0 bridgehead atoms. The molecular weight excluding hydrogens is 639 g/mol. The van der Waals surface area contributed by atoms with Gasteiger partial charge in [0.15, 0.2) is 0 Å². The molecule has 12 heteroatoms. The molecule has 0 aliphatic carbocycles. The van der Waals surface area contributed by atoms with Gasteiger partial charge >= 0.3 is 0 Å². The van der Waals surface area contributed by atoms with Gasteiger partial charge in [-0.1, -0.05) is 41.4 Å². The van der Waals surface area contributed by atoms with E-state index >= 15 is 0 Å². The Bertz CT molecular complexity index is 1750. The molecule has 0 saturated heterocycles. The van der Waals surface area contributed by atoms with E-state index in [9.17, 15) is 14.4 Å². The maximum absolute atomic E-state index is 13.0. The molecule has 0 saturated carbocycles. The van der Waals surface area contributed by atoms with Crippen molar-refractivity contribution in [2.24, 2.45) is 0 Å². The maximum Gasteiger partial charge on any atom is 0.246 e. The Labute approximate surface area is 278 Å². The molecule has 3 amide bonds. The second-order valence-corrected chi connectivity index (χ2v) is 10.7. The van der Waals surface area contributed by atoms with E-state index in [0.29, 0.717) is 33.3 Å². The van der Waals surface area contributed by atoms with Crippen molar-refractivity contribution in [1.29, 1.82) is 0 Å². The third kappa shape index (κ3) is 8.45. The Hall–Kier alpha value is -4.31. The van der Waals surface area contributed by atoms with Crippen LogP contribution in [0.5, 0.6) is 11.5 Å². The molecule has 1 aromatic heterocycles. The lowest BCUT2D eigenvalue weighted by Crippen LogP contribution is -2.37. The van der Waals surface area contributed by atoms with E-state index in [2.05, 4.69) is 10.3 Å². The first-order valence-corrected chi connectivity index (χ1v) is 14.4. The smallest absolute Gasteiger partial charge is 0.246 e. The first-order chi connectivity index (χ1) is 21.0. The number of fused-ring (bicyclic) bond motifs is 1. The molecule has 0 aliphatic heterocycles. The molecule has 0 aliphatic rings. The van der Waals surface area contributed by atoms with Crippen molar-refractivity contribution >= 4 is 81.7 Å². The van der Waals surface area contributed by atoms with Gasteiger partial charge in [-0.2, -0.15) is 0 Å². The number of nitrogens with one attached hydrogen (secondary N) is 1. The summed E-state index contributed by atoms with van der Waals surface area (Å²) in [5.41, 5.74) is 3.83. The van der Waals surface area contributed by atoms with Gasteiger partial charge in [-0.25, -0.2) is 4.98 Å². The molecule has 236 valence electrons. The third-order valence-corrected chi connectivity index (χ3v) is 7.76. The summed E-state index contributed by atoms with van der Waals surface area (Å²) in [5, 5.41) is 4.02. The number of nitrogens with zero attached hydrogens (tertiary/aromatic N) is 3. The highest BCUT2D eigenvalue weighted by molar-refractivity contribution is 6.38. The van der Waals surface area contributed by atoms with Crippen molar-refractivity contribution in [3.8, 4) is 11.5 Å². The van der Waals surface area contributed by atoms with Gasteiger partial charge in [-0.3, -0.25) is 14.4 Å². The van der Waals surface area contributed by atoms with Gasteiger partial charge in [0.1, 0.15) is 23.6 Å². The molecule has 4 rings (SSSR count). The van der Waals surface area contributed by atoms with E-state index in [1.54, 1.807) is 69.7 Å². The number of aromatic nitrogens is 1. The van der Waals surface area contributed by atoms with Crippen molar-refractivity contribution in [3.63, 3.8) is 0 Å². The number of rotatable bonds is 10. The number of hydrogen-bond acceptors (Lipinski definition) is 6. The number of carbonyl (C=O) groups is 3. The number of amides is 3. The highest BCUT2D eigenvalue weighted by Crippen LogP contribution is 2.36. The lowest BCUT2D eigenvalue weighted by Gasteiger charge is -2.21. The normalized spacial score (nSPS) is 10.7. The quantitative estimate of drug-likeness (QED) is 0.190. The molecule has 0 spiro atoms. The summed E-state index contributed by atoms with van der Waals surface area (Å²) in [6, 6.07) is 17.8.